The second-order valence-corrected chi connectivity index (χ2v) is 14.1. The summed E-state index contributed by atoms with van der Waals surface area (Å²) in [4.78, 5) is 22.0. The monoisotopic (exact) mass is 1840 g/mol. The van der Waals surface area contributed by atoms with Gasteiger partial charge >= 0.3 is 113 Å². The summed E-state index contributed by atoms with van der Waals surface area (Å²) in [6, 6.07) is 58.8. The third kappa shape index (κ3) is 21.6. The third-order valence-electron chi connectivity index (χ3n) is 10.2. The first kappa shape index (κ1) is 79.1. The molecule has 0 radical (unpaired) electrons. The Labute approximate surface area is 510 Å². The standard InChI is InChI=1S/C16H15NO2.C13H10N2.C12H8N2.C11H8N2.4ClH.8H2N.4Pt/c1-18-8-9-19-13-6-7-16-15(10-13)14-5-3-2-4-12(14)11-17-16;1-2-6-11(7-3-1)15-10-14-12-8-4-5-9-13(12)15;1-2-5-10-9(4-1)8-14-11-6-3-7-13-12(10)11;1-2-6-10-9(5-1)12-11-7-3-4-8-13(10)11;;;;;;;;;;;;;;;;/h2-7,10-11H,8-9H2,1H3;1-10H;1-8H;1-8H;4*1H;8*1H2;;;;/q;;;;;;;;8*-1;4*+1/p-4. The van der Waals surface area contributed by atoms with Gasteiger partial charge in [0.15, 0.2) is 0 Å². The van der Waals surface area contributed by atoms with E-state index in [1.807, 2.05) is 152 Å². The van der Waals surface area contributed by atoms with E-state index in [1.165, 1.54) is 5.39 Å². The predicted octanol–water partition coefficient (Wildman–Crippen LogP) is 20.2. The molecule has 0 unspecified atom stereocenters. The SMILES string of the molecule is COCCOc1ccc2ncc3ccccc3c2c1.[Cl][Pt].[Cl][Pt].[Cl][Pt].[Cl][Pt].[NH2-].[NH2-].[NH2-].[NH2-].[NH2-].[NH2-].[NH2-].[NH2-].c1ccc(-n2cnc3ccccc32)cc1.c1ccc2c(c1)cnc1cccnc12.c1ccc2c(c1)nc1ccccn12. The van der Waals surface area contributed by atoms with Gasteiger partial charge in [-0.15, -0.1) is 0 Å². The van der Waals surface area contributed by atoms with Gasteiger partial charge in [0.1, 0.15) is 24.3 Å². The van der Waals surface area contributed by atoms with Gasteiger partial charge in [-0.1, -0.05) is 97.1 Å². The fourth-order valence-electron chi connectivity index (χ4n) is 7.21. The molecule has 0 saturated carbocycles. The Morgan fingerprint density at radius 3 is 1.64 bits per heavy atom. The molecule has 0 aliphatic rings. The molecular weight excluding hydrogens is 1790 g/mol. The Kier molecular flexibility index (Phi) is 45.6. The Hall–Kier alpha value is -4.42. The van der Waals surface area contributed by atoms with Crippen molar-refractivity contribution >= 4 is 109 Å². The average molecular weight is 1850 g/mol. The van der Waals surface area contributed by atoms with Crippen LogP contribution in [-0.2, 0) is 79.8 Å². The van der Waals surface area contributed by atoms with Gasteiger partial charge in [-0.05, 0) is 84.2 Å². The summed E-state index contributed by atoms with van der Waals surface area (Å²) in [7, 11) is 20.1. The number of pyridine rings is 4. The molecule has 77 heavy (non-hydrogen) atoms. The van der Waals surface area contributed by atoms with Crippen LogP contribution >= 0.6 is 37.7 Å². The Morgan fingerprint density at radius 1 is 0.442 bits per heavy atom. The van der Waals surface area contributed by atoms with Crippen LogP contribution in [0.3, 0.4) is 0 Å². The van der Waals surface area contributed by atoms with E-state index in [0.717, 1.165) is 77.2 Å². The van der Waals surface area contributed by atoms with Crippen molar-refractivity contribution in [3.63, 3.8) is 0 Å². The minimum absolute atomic E-state index is 0. The molecular formula is C52H57Cl4N15O2Pt4-8. The molecule has 0 spiro atoms. The van der Waals surface area contributed by atoms with Gasteiger partial charge < -0.3 is 58.7 Å². The molecule has 12 aromatic rings. The smallest absolute Gasteiger partial charge is 0.137 e. The number of hydrogen-bond donors (Lipinski definition) is 0. The maximum absolute atomic E-state index is 5.65. The molecule has 12 rings (SSSR count). The molecule has 0 atom stereocenters. The zero-order chi connectivity index (χ0) is 49.2. The van der Waals surface area contributed by atoms with Crippen LogP contribution in [0.1, 0.15) is 0 Å². The van der Waals surface area contributed by atoms with Crippen molar-refractivity contribution in [1.82, 2.24) is 33.9 Å². The van der Waals surface area contributed by atoms with Crippen LogP contribution < -0.4 is 4.74 Å². The van der Waals surface area contributed by atoms with E-state index < -0.39 is 0 Å². The summed E-state index contributed by atoms with van der Waals surface area (Å²) in [6.45, 7) is 1.14. The van der Waals surface area contributed by atoms with Gasteiger partial charge in [0.2, 0.25) is 0 Å². The second-order valence-electron chi connectivity index (χ2n) is 14.1. The number of imidazole rings is 2. The molecule has 6 heterocycles. The number of fused-ring (bicyclic) bond motifs is 10. The van der Waals surface area contributed by atoms with Crippen molar-refractivity contribution in [3.05, 3.63) is 256 Å². The van der Waals surface area contributed by atoms with Crippen molar-refractivity contribution in [1.29, 1.82) is 0 Å². The molecule has 0 aliphatic carbocycles. The Morgan fingerprint density at radius 2 is 0.974 bits per heavy atom. The van der Waals surface area contributed by atoms with Crippen molar-refractivity contribution in [3.8, 4) is 11.4 Å². The van der Waals surface area contributed by atoms with Crippen LogP contribution in [0.2, 0.25) is 0 Å². The largest absolute Gasteiger partial charge is 0.693 e. The number of halogens is 4. The van der Waals surface area contributed by atoms with E-state index in [9.17, 15) is 0 Å². The quantitative estimate of drug-likeness (QED) is 0.118. The number of nitrogens with zero attached hydrogens (tertiary/aromatic N) is 7. The average Bonchev–Trinajstić information content (AvgIpc) is 4.06. The molecule has 0 fully saturated rings. The number of nitrogens with two attached hydrogens (primary N) is 8. The molecule has 0 saturated heterocycles. The van der Waals surface area contributed by atoms with Crippen LogP contribution in [0.5, 0.6) is 5.75 Å². The normalized spacial score (nSPS) is 9.00. The maximum atomic E-state index is 5.65. The summed E-state index contributed by atoms with van der Waals surface area (Å²) >= 11 is 6.44. The first-order valence-corrected chi connectivity index (χ1v) is 31.7. The summed E-state index contributed by atoms with van der Waals surface area (Å²) in [5, 5.41) is 5.76. The zero-order valence-electron chi connectivity index (χ0n) is 40.9. The van der Waals surface area contributed by atoms with Crippen LogP contribution in [0.4, 0.5) is 0 Å². The molecule has 6 aromatic carbocycles. The van der Waals surface area contributed by atoms with E-state index in [1.54, 1.807) is 88.4 Å². The van der Waals surface area contributed by atoms with Crippen molar-refractivity contribution in [2.45, 2.75) is 0 Å². The first-order chi connectivity index (χ1) is 34.2. The Balaban J connectivity index is -0.000000430. The number of aromatic nitrogens is 7. The second kappa shape index (κ2) is 44.4. The molecule has 0 aliphatic heterocycles. The van der Waals surface area contributed by atoms with E-state index >= 15 is 0 Å². The molecule has 0 amide bonds. The van der Waals surface area contributed by atoms with E-state index in [2.05, 4.69) is 120 Å². The van der Waals surface area contributed by atoms with E-state index in [-0.39, 0.29) is 49.2 Å². The number of para-hydroxylation sites is 5. The van der Waals surface area contributed by atoms with Crippen LogP contribution in [0, 0.1) is 0 Å². The number of benzene rings is 6. The molecule has 0 bridgehead atoms. The molecule has 428 valence electrons. The van der Waals surface area contributed by atoms with Gasteiger partial charge in [0.25, 0.3) is 0 Å². The van der Waals surface area contributed by atoms with Gasteiger partial charge in [-0.3, -0.25) is 23.9 Å². The van der Waals surface area contributed by atoms with Crippen molar-refractivity contribution < 1.29 is 84.6 Å². The van der Waals surface area contributed by atoms with Gasteiger partial charge in [0, 0.05) is 59.1 Å². The third-order valence-corrected chi connectivity index (χ3v) is 10.2. The summed E-state index contributed by atoms with van der Waals surface area (Å²) < 4.78 is 14.8. The first-order valence-electron chi connectivity index (χ1n) is 20.5. The fourth-order valence-corrected chi connectivity index (χ4v) is 7.21. The van der Waals surface area contributed by atoms with E-state index in [4.69, 9.17) is 9.47 Å². The van der Waals surface area contributed by atoms with Gasteiger partial charge in [-0.2, -0.15) is 0 Å². The van der Waals surface area contributed by atoms with E-state index in [0.29, 0.717) is 13.2 Å². The van der Waals surface area contributed by atoms with Gasteiger partial charge in [-0.25, -0.2) is 9.97 Å². The number of ether oxygens (including phenoxy) is 2. The minimum Gasteiger partial charge on any atom is -0.693 e. The molecule has 16 N–H and O–H groups in total. The maximum Gasteiger partial charge on any atom is 0.137 e. The fraction of sp³-hybridized carbons (Fsp3) is 0.0577. The number of rotatable bonds is 5. The number of methoxy groups -OCH3 is 1. The topological polar surface area (TPSA) is 360 Å². The summed E-state index contributed by atoms with van der Waals surface area (Å²) in [6.07, 6.45) is 9.49. The predicted molar refractivity (Wildman–Crippen MR) is 313 cm³/mol. The summed E-state index contributed by atoms with van der Waals surface area (Å²) in [5.74, 6) is 0.850. The van der Waals surface area contributed by atoms with Crippen molar-refractivity contribution in [2.24, 2.45) is 0 Å². The van der Waals surface area contributed by atoms with Crippen LogP contribution in [-0.4, -0.2) is 54.2 Å². The Bertz CT molecular complexity index is 3330. The van der Waals surface area contributed by atoms with Crippen molar-refractivity contribution in [2.75, 3.05) is 20.3 Å². The molecule has 17 nitrogen and oxygen atoms in total. The zero-order valence-corrected chi connectivity index (χ0v) is 53.0. The summed E-state index contributed by atoms with van der Waals surface area (Å²) in [5.41, 5.74) is 9.45. The van der Waals surface area contributed by atoms with Gasteiger partial charge in [0.05, 0.1) is 45.2 Å². The number of hydrogen-bond acceptors (Lipinski definition) is 7. The van der Waals surface area contributed by atoms with Crippen LogP contribution in [0.25, 0.3) is 126 Å². The molecule has 6 aromatic heterocycles. The minimum atomic E-state index is 0. The van der Waals surface area contributed by atoms with Crippen LogP contribution in [0.15, 0.2) is 207 Å². The molecule has 25 heteroatoms.